The van der Waals surface area contributed by atoms with E-state index in [1.54, 1.807) is 28.4 Å². The molecule has 3 unspecified atom stereocenters. The summed E-state index contributed by atoms with van der Waals surface area (Å²) in [6.07, 6.45) is 4.40. The topological polar surface area (TPSA) is 61.8 Å². The third-order valence-corrected chi connectivity index (χ3v) is 8.05. The number of hydrogen-bond donors (Lipinski definition) is 0. The van der Waals surface area contributed by atoms with E-state index in [1.807, 2.05) is 6.07 Å². The van der Waals surface area contributed by atoms with Gasteiger partial charge in [0.15, 0.2) is 11.5 Å². The Labute approximate surface area is 176 Å². The maximum atomic E-state index is 6.46. The van der Waals surface area contributed by atoms with Crippen LogP contribution in [0.5, 0.6) is 17.2 Å². The number of benzene rings is 1. The summed E-state index contributed by atoms with van der Waals surface area (Å²) >= 11 is 0. The van der Waals surface area contributed by atoms with Gasteiger partial charge in [0.1, 0.15) is 11.4 Å². The van der Waals surface area contributed by atoms with Crippen LogP contribution in [0.4, 0.5) is 5.69 Å². The smallest absolute Gasteiger partial charge is 0.201 e. The molecule has 6 atom stereocenters. The van der Waals surface area contributed by atoms with E-state index in [4.69, 9.17) is 28.7 Å². The summed E-state index contributed by atoms with van der Waals surface area (Å²) in [5.74, 6) is 4.03. The van der Waals surface area contributed by atoms with Gasteiger partial charge in [0, 0.05) is 43.3 Å². The van der Waals surface area contributed by atoms with Gasteiger partial charge in [-0.2, -0.15) is 0 Å². The maximum absolute atomic E-state index is 6.46. The molecule has 30 heavy (non-hydrogen) atoms. The van der Waals surface area contributed by atoms with Crippen molar-refractivity contribution in [3.05, 3.63) is 23.3 Å². The second kappa shape index (κ2) is 6.37. The van der Waals surface area contributed by atoms with Gasteiger partial charge in [-0.25, -0.2) is 4.99 Å². The second-order valence-electron chi connectivity index (χ2n) is 8.94. The lowest BCUT2D eigenvalue weighted by Crippen LogP contribution is -2.61. The van der Waals surface area contributed by atoms with Crippen molar-refractivity contribution in [1.82, 2.24) is 4.90 Å². The van der Waals surface area contributed by atoms with Gasteiger partial charge in [-0.1, -0.05) is 11.6 Å². The molecule has 6 aliphatic rings. The van der Waals surface area contributed by atoms with Crippen molar-refractivity contribution in [2.24, 2.45) is 16.8 Å². The summed E-state index contributed by atoms with van der Waals surface area (Å²) in [5.41, 5.74) is 3.12. The van der Waals surface area contributed by atoms with Gasteiger partial charge in [0.25, 0.3) is 0 Å². The van der Waals surface area contributed by atoms with Crippen molar-refractivity contribution >= 4 is 11.6 Å². The molecular formula is C23H28N2O5. The molecule has 6 heterocycles. The summed E-state index contributed by atoms with van der Waals surface area (Å²) in [7, 11) is 6.81. The summed E-state index contributed by atoms with van der Waals surface area (Å²) in [6, 6.07) is 2.70. The number of fused-ring (bicyclic) bond motifs is 2. The van der Waals surface area contributed by atoms with Crippen molar-refractivity contribution in [3.63, 3.8) is 0 Å². The molecule has 6 aliphatic heterocycles. The second-order valence-corrected chi connectivity index (χ2v) is 8.94. The van der Waals surface area contributed by atoms with E-state index in [2.05, 4.69) is 11.0 Å². The average molecular weight is 412 g/mol. The molecule has 1 aromatic carbocycles. The molecule has 5 fully saturated rings. The zero-order chi connectivity index (χ0) is 20.6. The highest BCUT2D eigenvalue weighted by atomic mass is 16.5. The Kier molecular flexibility index (Phi) is 3.93. The highest BCUT2D eigenvalue weighted by Crippen LogP contribution is 2.66. The van der Waals surface area contributed by atoms with E-state index in [-0.39, 0.29) is 5.41 Å². The molecule has 7 heteroatoms. The van der Waals surface area contributed by atoms with E-state index < -0.39 is 0 Å². The molecule has 0 N–H and O–H groups in total. The molecule has 7 rings (SSSR count). The number of methoxy groups -OCH3 is 4. The van der Waals surface area contributed by atoms with Crippen molar-refractivity contribution in [2.45, 2.75) is 30.3 Å². The maximum Gasteiger partial charge on any atom is 0.201 e. The van der Waals surface area contributed by atoms with E-state index >= 15 is 0 Å². The van der Waals surface area contributed by atoms with Gasteiger partial charge in [-0.05, 0) is 18.8 Å². The summed E-state index contributed by atoms with van der Waals surface area (Å²) in [6.45, 7) is 2.39. The van der Waals surface area contributed by atoms with Crippen LogP contribution in [0.2, 0.25) is 0 Å². The number of ether oxygens (including phenoxy) is 5. The minimum atomic E-state index is -0.302. The van der Waals surface area contributed by atoms with Crippen LogP contribution in [0.1, 0.15) is 18.4 Å². The van der Waals surface area contributed by atoms with Gasteiger partial charge in [0.2, 0.25) is 5.90 Å². The number of nitrogens with zero attached hydrogens (tertiary/aromatic N) is 2. The Morgan fingerprint density at radius 3 is 2.77 bits per heavy atom. The van der Waals surface area contributed by atoms with Crippen LogP contribution < -0.4 is 14.2 Å². The van der Waals surface area contributed by atoms with Crippen molar-refractivity contribution in [1.29, 1.82) is 0 Å². The predicted octanol–water partition coefficient (Wildman–Crippen LogP) is 2.69. The van der Waals surface area contributed by atoms with Crippen LogP contribution in [0.25, 0.3) is 0 Å². The third-order valence-electron chi connectivity index (χ3n) is 8.05. The Morgan fingerprint density at radius 2 is 2.03 bits per heavy atom. The van der Waals surface area contributed by atoms with Crippen LogP contribution in [-0.2, 0) is 14.9 Å². The first-order valence-electron chi connectivity index (χ1n) is 10.7. The molecule has 5 bridgehead atoms. The SMILES string of the molecule is COC/C=C1\CN2C3C[C@@H]1[C@H]1COC4=Nc5c(OC)cc(OC)c(OC)c5C43C[C@H]12. The lowest BCUT2D eigenvalue weighted by molar-refractivity contribution is -0.0156. The van der Waals surface area contributed by atoms with Crippen molar-refractivity contribution in [2.75, 3.05) is 48.2 Å². The zero-order valence-electron chi connectivity index (χ0n) is 17.9. The zero-order valence-corrected chi connectivity index (χ0v) is 17.9. The fourth-order valence-corrected chi connectivity index (χ4v) is 6.91. The van der Waals surface area contributed by atoms with Gasteiger partial charge in [-0.3, -0.25) is 4.90 Å². The monoisotopic (exact) mass is 412 g/mol. The van der Waals surface area contributed by atoms with Crippen LogP contribution in [0.3, 0.4) is 0 Å². The van der Waals surface area contributed by atoms with Gasteiger partial charge >= 0.3 is 0 Å². The molecule has 0 saturated carbocycles. The molecule has 5 saturated heterocycles. The average Bonchev–Trinajstić information content (AvgIpc) is 3.14. The van der Waals surface area contributed by atoms with Crippen LogP contribution in [-0.4, -0.2) is 71.1 Å². The molecule has 1 spiro atoms. The lowest BCUT2D eigenvalue weighted by atomic mass is 9.68. The molecular weight excluding hydrogens is 384 g/mol. The summed E-state index contributed by atoms with van der Waals surface area (Å²) in [5, 5.41) is 0. The molecule has 1 aromatic rings. The molecule has 0 radical (unpaired) electrons. The van der Waals surface area contributed by atoms with E-state index in [0.29, 0.717) is 48.6 Å². The molecule has 0 aliphatic carbocycles. The standard InChI is InChI=1S/C23H28N2O5/c1-26-6-5-12-10-25-15-9-23-18(25)7-13(12)14(15)11-30-22(23)24-20-16(27-2)8-17(28-3)21(29-4)19(20)23/h5,8,13-15,18H,6-7,9-11H2,1-4H3/b12-5+/t13-,14+,15+,18?,23?/m0/s1. The number of piperidine rings is 3. The largest absolute Gasteiger partial charge is 0.494 e. The Bertz CT molecular complexity index is 973. The van der Waals surface area contributed by atoms with E-state index in [1.165, 1.54) is 5.57 Å². The lowest BCUT2D eigenvalue weighted by Gasteiger charge is -2.54. The normalized spacial score (nSPS) is 38.1. The van der Waals surface area contributed by atoms with Gasteiger partial charge < -0.3 is 23.7 Å². The first-order chi connectivity index (χ1) is 14.7. The molecule has 0 aromatic heterocycles. The van der Waals surface area contributed by atoms with E-state index in [0.717, 1.165) is 42.3 Å². The summed E-state index contributed by atoms with van der Waals surface area (Å²) < 4.78 is 29.1. The Hall–Kier alpha value is -2.25. The van der Waals surface area contributed by atoms with Crippen LogP contribution in [0, 0.1) is 11.8 Å². The first-order valence-corrected chi connectivity index (χ1v) is 10.7. The van der Waals surface area contributed by atoms with Gasteiger partial charge in [-0.15, -0.1) is 0 Å². The Morgan fingerprint density at radius 1 is 1.20 bits per heavy atom. The summed E-state index contributed by atoms with van der Waals surface area (Å²) in [4.78, 5) is 7.70. The fourth-order valence-electron chi connectivity index (χ4n) is 6.91. The minimum Gasteiger partial charge on any atom is -0.494 e. The quantitative estimate of drug-likeness (QED) is 0.693. The predicted molar refractivity (Wildman–Crippen MR) is 111 cm³/mol. The highest BCUT2D eigenvalue weighted by Gasteiger charge is 2.70. The number of rotatable bonds is 5. The molecule has 0 amide bonds. The fraction of sp³-hybridized carbons (Fsp3) is 0.609. The minimum absolute atomic E-state index is 0.302. The van der Waals surface area contributed by atoms with Crippen molar-refractivity contribution < 1.29 is 23.7 Å². The molecule has 7 nitrogen and oxygen atoms in total. The van der Waals surface area contributed by atoms with E-state index in [9.17, 15) is 0 Å². The number of aliphatic imine (C=N–C) groups is 1. The number of hydrogen-bond acceptors (Lipinski definition) is 7. The Balaban J connectivity index is 1.54. The third kappa shape index (κ3) is 2.05. The molecule has 160 valence electrons. The van der Waals surface area contributed by atoms with Gasteiger partial charge in [0.05, 0.1) is 40.0 Å². The first kappa shape index (κ1) is 18.5. The van der Waals surface area contributed by atoms with Crippen LogP contribution in [0.15, 0.2) is 22.7 Å². The van der Waals surface area contributed by atoms with Crippen LogP contribution >= 0.6 is 0 Å². The highest BCUT2D eigenvalue weighted by molar-refractivity contribution is 6.01. The van der Waals surface area contributed by atoms with Crippen molar-refractivity contribution in [3.8, 4) is 17.2 Å².